The van der Waals surface area contributed by atoms with Crippen LogP contribution in [0.4, 0.5) is 0 Å². The summed E-state index contributed by atoms with van der Waals surface area (Å²) in [4.78, 5) is 14.4. The third kappa shape index (κ3) is 8.19. The van der Waals surface area contributed by atoms with Crippen molar-refractivity contribution >= 4 is 18.3 Å². The second-order valence-corrected chi connectivity index (χ2v) is 6.64. The Labute approximate surface area is 157 Å². The van der Waals surface area contributed by atoms with Gasteiger partial charge in [-0.1, -0.05) is 24.3 Å². The molecule has 0 unspecified atom stereocenters. The molecule has 1 fully saturated rings. The zero-order valence-electron chi connectivity index (χ0n) is 15.4. The van der Waals surface area contributed by atoms with Gasteiger partial charge in [-0.05, 0) is 63.0 Å². The van der Waals surface area contributed by atoms with Crippen molar-refractivity contribution < 1.29 is 9.53 Å². The van der Waals surface area contributed by atoms with Crippen LogP contribution in [0.15, 0.2) is 24.3 Å². The minimum absolute atomic E-state index is 0. The number of rotatable bonds is 9. The first-order chi connectivity index (χ1) is 11.7. The largest absolute Gasteiger partial charge is 0.380 e. The van der Waals surface area contributed by atoms with E-state index in [1.165, 1.54) is 19.3 Å². The van der Waals surface area contributed by atoms with Gasteiger partial charge >= 0.3 is 0 Å². The summed E-state index contributed by atoms with van der Waals surface area (Å²) in [5.74, 6) is 0.918. The summed E-state index contributed by atoms with van der Waals surface area (Å²) in [5.41, 5.74) is 2.25. The molecule has 142 valence electrons. The summed E-state index contributed by atoms with van der Waals surface area (Å²) in [7, 11) is 3.70. The van der Waals surface area contributed by atoms with E-state index in [4.69, 9.17) is 4.74 Å². The molecule has 1 saturated heterocycles. The van der Waals surface area contributed by atoms with Gasteiger partial charge in [-0.25, -0.2) is 0 Å². The molecule has 0 saturated carbocycles. The van der Waals surface area contributed by atoms with E-state index in [-0.39, 0.29) is 18.3 Å². The summed E-state index contributed by atoms with van der Waals surface area (Å²) in [6.45, 7) is 4.85. The van der Waals surface area contributed by atoms with Crippen LogP contribution in [0.5, 0.6) is 0 Å². The molecule has 0 atom stereocenters. The van der Waals surface area contributed by atoms with Crippen LogP contribution in [-0.4, -0.2) is 51.1 Å². The van der Waals surface area contributed by atoms with E-state index in [0.29, 0.717) is 19.7 Å². The lowest BCUT2D eigenvalue weighted by Gasteiger charge is -2.31. The van der Waals surface area contributed by atoms with E-state index in [9.17, 15) is 4.79 Å². The number of benzene rings is 1. The average molecular weight is 370 g/mol. The molecule has 1 aliphatic rings. The molecule has 1 aromatic carbocycles. The molecule has 2 N–H and O–H groups in total. The van der Waals surface area contributed by atoms with Crippen LogP contribution in [0.2, 0.25) is 0 Å². The molecule has 0 radical (unpaired) electrons. The Morgan fingerprint density at radius 1 is 1.28 bits per heavy atom. The van der Waals surface area contributed by atoms with Crippen molar-refractivity contribution in [1.82, 2.24) is 15.5 Å². The molecule has 25 heavy (non-hydrogen) atoms. The van der Waals surface area contributed by atoms with Gasteiger partial charge in [0.2, 0.25) is 5.91 Å². The van der Waals surface area contributed by atoms with Crippen molar-refractivity contribution in [3.63, 3.8) is 0 Å². The minimum Gasteiger partial charge on any atom is -0.380 e. The van der Waals surface area contributed by atoms with Gasteiger partial charge in [0.05, 0.1) is 13.2 Å². The van der Waals surface area contributed by atoms with Gasteiger partial charge in [-0.2, -0.15) is 0 Å². The highest BCUT2D eigenvalue weighted by atomic mass is 35.5. The highest BCUT2D eigenvalue weighted by molar-refractivity contribution is 5.85. The van der Waals surface area contributed by atoms with Gasteiger partial charge < -0.3 is 15.4 Å². The number of hydrogen-bond acceptors (Lipinski definition) is 4. The molecule has 1 heterocycles. The summed E-state index contributed by atoms with van der Waals surface area (Å²) >= 11 is 0. The van der Waals surface area contributed by atoms with Crippen molar-refractivity contribution in [3.05, 3.63) is 35.4 Å². The third-order valence-electron chi connectivity index (χ3n) is 4.67. The molecule has 0 aromatic heterocycles. The zero-order valence-corrected chi connectivity index (χ0v) is 16.2. The number of hydrogen-bond donors (Lipinski definition) is 2. The molecule has 0 bridgehead atoms. The van der Waals surface area contributed by atoms with Crippen molar-refractivity contribution in [2.45, 2.75) is 32.4 Å². The Kier molecular flexibility index (Phi) is 10.7. The van der Waals surface area contributed by atoms with E-state index >= 15 is 0 Å². The van der Waals surface area contributed by atoms with E-state index < -0.39 is 0 Å². The van der Waals surface area contributed by atoms with E-state index in [1.54, 1.807) is 7.11 Å². The maximum Gasteiger partial charge on any atom is 0.234 e. The number of likely N-dealkylation sites (tertiary alicyclic amines) is 1. The van der Waals surface area contributed by atoms with Gasteiger partial charge in [0.25, 0.3) is 0 Å². The van der Waals surface area contributed by atoms with E-state index in [0.717, 1.165) is 36.7 Å². The predicted molar refractivity (Wildman–Crippen MR) is 104 cm³/mol. The molecular weight excluding hydrogens is 338 g/mol. The van der Waals surface area contributed by atoms with Crippen LogP contribution in [0.1, 0.15) is 30.4 Å². The molecule has 1 aromatic rings. The lowest BCUT2D eigenvalue weighted by Crippen LogP contribution is -2.41. The standard InChI is InChI=1S/C19H31N3O2.ClH/c1-20-9-6-16-7-10-22(11-8-16)14-19(23)21-13-17-4-3-5-18(12-17)15-24-2;/h3-5,12,16,20H,6-11,13-15H2,1-2H3,(H,21,23);1H. The van der Waals surface area contributed by atoms with E-state index in [1.807, 2.05) is 25.2 Å². The lowest BCUT2D eigenvalue weighted by atomic mass is 9.93. The molecular formula is C19H32ClN3O2. The van der Waals surface area contributed by atoms with Crippen LogP contribution in [0, 0.1) is 5.92 Å². The van der Waals surface area contributed by atoms with Gasteiger partial charge in [0, 0.05) is 13.7 Å². The smallest absolute Gasteiger partial charge is 0.234 e. The monoisotopic (exact) mass is 369 g/mol. The number of ether oxygens (including phenoxy) is 1. The first-order valence-corrected chi connectivity index (χ1v) is 8.91. The third-order valence-corrected chi connectivity index (χ3v) is 4.67. The number of methoxy groups -OCH3 is 1. The SMILES string of the molecule is CNCCC1CCN(CC(=O)NCc2cccc(COC)c2)CC1.Cl. The maximum atomic E-state index is 12.2. The number of carbonyl (C=O) groups excluding carboxylic acids is 1. The van der Waals surface area contributed by atoms with Crippen molar-refractivity contribution in [2.75, 3.05) is 40.3 Å². The van der Waals surface area contributed by atoms with Crippen molar-refractivity contribution in [1.29, 1.82) is 0 Å². The Balaban J connectivity index is 0.00000312. The summed E-state index contributed by atoms with van der Waals surface area (Å²) in [6.07, 6.45) is 3.65. The van der Waals surface area contributed by atoms with Crippen molar-refractivity contribution in [2.24, 2.45) is 5.92 Å². The molecule has 2 rings (SSSR count). The zero-order chi connectivity index (χ0) is 17.2. The number of amides is 1. The molecule has 0 aliphatic carbocycles. The Morgan fingerprint density at radius 2 is 2.00 bits per heavy atom. The maximum absolute atomic E-state index is 12.2. The number of nitrogens with zero attached hydrogens (tertiary/aromatic N) is 1. The molecule has 1 amide bonds. The lowest BCUT2D eigenvalue weighted by molar-refractivity contribution is -0.122. The molecule has 5 nitrogen and oxygen atoms in total. The topological polar surface area (TPSA) is 53.6 Å². The molecule has 1 aliphatic heterocycles. The van der Waals surface area contributed by atoms with Crippen LogP contribution in [0.25, 0.3) is 0 Å². The van der Waals surface area contributed by atoms with E-state index in [2.05, 4.69) is 21.6 Å². The number of nitrogens with one attached hydrogen (secondary N) is 2. The first kappa shape index (κ1) is 21.9. The van der Waals surface area contributed by atoms with Crippen LogP contribution >= 0.6 is 12.4 Å². The van der Waals surface area contributed by atoms with Crippen molar-refractivity contribution in [3.8, 4) is 0 Å². The second kappa shape index (κ2) is 12.3. The van der Waals surface area contributed by atoms with Gasteiger partial charge in [-0.15, -0.1) is 12.4 Å². The highest BCUT2D eigenvalue weighted by Crippen LogP contribution is 2.19. The fraction of sp³-hybridized carbons (Fsp3) is 0.632. The summed E-state index contributed by atoms with van der Waals surface area (Å²) in [6, 6.07) is 8.16. The number of halogens is 1. The minimum atomic E-state index is 0. The summed E-state index contributed by atoms with van der Waals surface area (Å²) < 4.78 is 5.14. The normalized spacial score (nSPS) is 15.6. The number of piperidine rings is 1. The predicted octanol–water partition coefficient (Wildman–Crippen LogP) is 2.19. The molecule has 0 spiro atoms. The molecule has 6 heteroatoms. The highest BCUT2D eigenvalue weighted by Gasteiger charge is 2.20. The van der Waals surface area contributed by atoms with Crippen LogP contribution in [0.3, 0.4) is 0 Å². The fourth-order valence-corrected chi connectivity index (χ4v) is 3.24. The average Bonchev–Trinajstić information content (AvgIpc) is 2.60. The first-order valence-electron chi connectivity index (χ1n) is 8.91. The quantitative estimate of drug-likeness (QED) is 0.700. The number of carbonyl (C=O) groups is 1. The Hall–Kier alpha value is -1.14. The van der Waals surface area contributed by atoms with Gasteiger partial charge in [-0.3, -0.25) is 9.69 Å². The Bertz CT molecular complexity index is 505. The second-order valence-electron chi connectivity index (χ2n) is 6.64. The Morgan fingerprint density at radius 3 is 2.68 bits per heavy atom. The summed E-state index contributed by atoms with van der Waals surface area (Å²) in [5, 5.41) is 6.25. The van der Waals surface area contributed by atoms with Gasteiger partial charge in [0.1, 0.15) is 0 Å². The van der Waals surface area contributed by atoms with Crippen LogP contribution in [-0.2, 0) is 22.7 Å². The van der Waals surface area contributed by atoms with Gasteiger partial charge in [0.15, 0.2) is 0 Å². The van der Waals surface area contributed by atoms with Crippen LogP contribution < -0.4 is 10.6 Å². The fourth-order valence-electron chi connectivity index (χ4n) is 3.24.